The largest absolute Gasteiger partial charge is 0.488 e. The number of anilines is 3. The van der Waals surface area contributed by atoms with Crippen molar-refractivity contribution in [1.82, 2.24) is 15.0 Å². The highest BCUT2D eigenvalue weighted by Gasteiger charge is 2.33. The molecule has 0 saturated carbocycles. The number of aromatic nitrogens is 3. The van der Waals surface area contributed by atoms with Gasteiger partial charge in [-0.15, -0.1) is 0 Å². The van der Waals surface area contributed by atoms with Crippen molar-refractivity contribution in [2.24, 2.45) is 0 Å². The second-order valence-electron chi connectivity index (χ2n) is 7.07. The summed E-state index contributed by atoms with van der Waals surface area (Å²) in [5.74, 6) is 0.354. The summed E-state index contributed by atoms with van der Waals surface area (Å²) in [6.45, 7) is 2.33. The van der Waals surface area contributed by atoms with Crippen LogP contribution in [0.15, 0.2) is 42.5 Å². The molecule has 0 spiro atoms. The Labute approximate surface area is 173 Å². The number of methoxy groups -OCH3 is 1. The van der Waals surface area contributed by atoms with Crippen LogP contribution in [0.5, 0.6) is 6.01 Å². The average molecular weight is 409 g/mol. The number of fused-ring (bicyclic) bond motifs is 1. The molecule has 4 rings (SSSR count). The van der Waals surface area contributed by atoms with Gasteiger partial charge in [0.1, 0.15) is 5.82 Å². The van der Waals surface area contributed by atoms with E-state index in [4.69, 9.17) is 4.74 Å². The van der Waals surface area contributed by atoms with Gasteiger partial charge in [0.25, 0.3) is 0 Å². The summed E-state index contributed by atoms with van der Waals surface area (Å²) in [5.41, 5.74) is 2.86. The zero-order valence-corrected chi connectivity index (χ0v) is 16.6. The molecule has 3 aromatic rings. The van der Waals surface area contributed by atoms with E-state index in [1.165, 1.54) is 19.2 Å². The van der Waals surface area contributed by atoms with Crippen LogP contribution in [0.4, 0.5) is 22.0 Å². The minimum Gasteiger partial charge on any atom is -0.467 e. The Bertz CT molecular complexity index is 1070. The zero-order valence-electron chi connectivity index (χ0n) is 16.6. The summed E-state index contributed by atoms with van der Waals surface area (Å²) >= 11 is 0. The Morgan fingerprint density at radius 2 is 2.00 bits per heavy atom. The van der Waals surface area contributed by atoms with Gasteiger partial charge >= 0.3 is 13.1 Å². The smallest absolute Gasteiger partial charge is 0.467 e. The lowest BCUT2D eigenvalue weighted by molar-refractivity contribution is 0.379. The molecule has 1 unspecified atom stereocenters. The maximum atomic E-state index is 13.4. The molecule has 0 aliphatic carbocycles. The second-order valence-corrected chi connectivity index (χ2v) is 7.07. The minimum absolute atomic E-state index is 0.0110. The first-order chi connectivity index (χ1) is 14.5. The van der Waals surface area contributed by atoms with Crippen LogP contribution in [0.3, 0.4) is 0 Å². The molecule has 0 amide bonds. The fourth-order valence-electron chi connectivity index (χ4n) is 3.66. The summed E-state index contributed by atoms with van der Waals surface area (Å²) in [6, 6.07) is 11.7. The maximum Gasteiger partial charge on any atom is 0.488 e. The summed E-state index contributed by atoms with van der Waals surface area (Å²) in [7, 11) is -0.0830. The van der Waals surface area contributed by atoms with Gasteiger partial charge in [-0.25, -0.2) is 4.39 Å². The van der Waals surface area contributed by atoms with Crippen molar-refractivity contribution in [3.8, 4) is 6.01 Å². The SMILES string of the molecule is COc1nc(NCc2cccc(F)c2)nc(N2c3cccc(B(O)O)c3CC2C)n1. The molecule has 1 aliphatic heterocycles. The summed E-state index contributed by atoms with van der Waals surface area (Å²) in [4.78, 5) is 15.0. The van der Waals surface area contributed by atoms with Crippen LogP contribution in [0.25, 0.3) is 0 Å². The fraction of sp³-hybridized carbons (Fsp3) is 0.250. The van der Waals surface area contributed by atoms with Crippen LogP contribution in [0.1, 0.15) is 18.1 Å². The van der Waals surface area contributed by atoms with Crippen LogP contribution in [-0.4, -0.2) is 45.3 Å². The van der Waals surface area contributed by atoms with Crippen LogP contribution in [0, 0.1) is 5.82 Å². The number of hydrogen-bond acceptors (Lipinski definition) is 8. The van der Waals surface area contributed by atoms with E-state index in [-0.39, 0.29) is 17.9 Å². The zero-order chi connectivity index (χ0) is 21.3. The topological polar surface area (TPSA) is 104 Å². The van der Waals surface area contributed by atoms with Gasteiger partial charge in [0, 0.05) is 18.3 Å². The molecular formula is C20H21BFN5O3. The van der Waals surface area contributed by atoms with Gasteiger partial charge in [-0.2, -0.15) is 15.0 Å². The molecule has 3 N–H and O–H groups in total. The third-order valence-corrected chi connectivity index (χ3v) is 5.01. The monoisotopic (exact) mass is 409 g/mol. The van der Waals surface area contributed by atoms with E-state index < -0.39 is 7.12 Å². The highest BCUT2D eigenvalue weighted by Crippen LogP contribution is 2.36. The maximum absolute atomic E-state index is 13.4. The van der Waals surface area contributed by atoms with Gasteiger partial charge in [0.2, 0.25) is 11.9 Å². The fourth-order valence-corrected chi connectivity index (χ4v) is 3.66. The number of rotatable bonds is 6. The Balaban J connectivity index is 1.67. The van der Waals surface area contributed by atoms with Crippen molar-refractivity contribution in [3.05, 3.63) is 59.4 Å². The summed E-state index contributed by atoms with van der Waals surface area (Å²) < 4.78 is 18.7. The van der Waals surface area contributed by atoms with Gasteiger partial charge in [0.15, 0.2) is 0 Å². The van der Waals surface area contributed by atoms with Gasteiger partial charge in [-0.3, -0.25) is 0 Å². The Morgan fingerprint density at radius 1 is 1.20 bits per heavy atom. The third kappa shape index (κ3) is 3.92. The van der Waals surface area contributed by atoms with E-state index in [1.54, 1.807) is 24.3 Å². The van der Waals surface area contributed by atoms with Crippen LogP contribution >= 0.6 is 0 Å². The molecule has 0 bridgehead atoms. The molecule has 154 valence electrons. The van der Waals surface area contributed by atoms with Gasteiger partial charge in [0.05, 0.1) is 7.11 Å². The van der Waals surface area contributed by atoms with Crippen molar-refractivity contribution in [2.45, 2.75) is 25.9 Å². The second kappa shape index (κ2) is 8.25. The lowest BCUT2D eigenvalue weighted by Gasteiger charge is -2.23. The highest BCUT2D eigenvalue weighted by atomic mass is 19.1. The molecular weight excluding hydrogens is 388 g/mol. The molecule has 2 aromatic carbocycles. The normalized spacial score (nSPS) is 15.1. The third-order valence-electron chi connectivity index (χ3n) is 5.01. The molecule has 1 aromatic heterocycles. The van der Waals surface area contributed by atoms with E-state index in [0.717, 1.165) is 16.8 Å². The van der Waals surface area contributed by atoms with Crippen molar-refractivity contribution < 1.29 is 19.2 Å². The van der Waals surface area contributed by atoms with E-state index in [1.807, 2.05) is 17.9 Å². The summed E-state index contributed by atoms with van der Waals surface area (Å²) in [5, 5.41) is 22.5. The molecule has 1 aliphatic rings. The van der Waals surface area contributed by atoms with Crippen LogP contribution < -0.4 is 20.4 Å². The van der Waals surface area contributed by atoms with E-state index >= 15 is 0 Å². The lowest BCUT2D eigenvalue weighted by Crippen LogP contribution is -2.32. The standard InChI is InChI=1S/C20H21BFN5O3/c1-12-9-15-16(21(28)29)7-4-8-17(15)27(12)19-24-18(25-20(26-19)30-2)23-11-13-5-3-6-14(22)10-13/h3-8,10,12,28-29H,9,11H2,1-2H3,(H,23,24,25,26). The summed E-state index contributed by atoms with van der Waals surface area (Å²) in [6.07, 6.45) is 0.614. The van der Waals surface area contributed by atoms with E-state index in [0.29, 0.717) is 30.3 Å². The Morgan fingerprint density at radius 3 is 2.73 bits per heavy atom. The minimum atomic E-state index is -1.55. The van der Waals surface area contributed by atoms with Crippen LogP contribution in [-0.2, 0) is 13.0 Å². The van der Waals surface area contributed by atoms with Gasteiger partial charge in [-0.1, -0.05) is 24.3 Å². The lowest BCUT2D eigenvalue weighted by atomic mass is 9.76. The van der Waals surface area contributed by atoms with Crippen molar-refractivity contribution in [3.63, 3.8) is 0 Å². The van der Waals surface area contributed by atoms with Gasteiger partial charge in [-0.05, 0) is 48.1 Å². The molecule has 0 saturated heterocycles. The predicted octanol–water partition coefficient (Wildman–Crippen LogP) is 1.39. The molecule has 30 heavy (non-hydrogen) atoms. The Hall–Kier alpha value is -3.24. The van der Waals surface area contributed by atoms with Crippen molar-refractivity contribution in [2.75, 3.05) is 17.3 Å². The molecule has 2 heterocycles. The molecule has 0 fully saturated rings. The predicted molar refractivity (Wildman–Crippen MR) is 112 cm³/mol. The van der Waals surface area contributed by atoms with Gasteiger partial charge < -0.3 is 25.0 Å². The van der Waals surface area contributed by atoms with Crippen molar-refractivity contribution >= 4 is 30.2 Å². The Kier molecular flexibility index (Phi) is 5.51. The number of hydrogen-bond donors (Lipinski definition) is 3. The van der Waals surface area contributed by atoms with Crippen molar-refractivity contribution in [1.29, 1.82) is 0 Å². The molecule has 0 radical (unpaired) electrons. The quantitative estimate of drug-likeness (QED) is 0.525. The average Bonchev–Trinajstić information content (AvgIpc) is 3.07. The first-order valence-electron chi connectivity index (χ1n) is 9.52. The number of nitrogens with zero attached hydrogens (tertiary/aromatic N) is 4. The number of ether oxygens (including phenoxy) is 1. The number of benzene rings is 2. The first-order valence-corrected chi connectivity index (χ1v) is 9.52. The molecule has 8 nitrogen and oxygen atoms in total. The van der Waals surface area contributed by atoms with E-state index in [2.05, 4.69) is 20.3 Å². The van der Waals surface area contributed by atoms with Crippen LogP contribution in [0.2, 0.25) is 0 Å². The van der Waals surface area contributed by atoms with E-state index in [9.17, 15) is 14.4 Å². The number of halogens is 1. The molecule has 10 heteroatoms. The first kappa shape index (κ1) is 20.1. The molecule has 1 atom stereocenters. The number of nitrogens with one attached hydrogen (secondary N) is 1. The highest BCUT2D eigenvalue weighted by molar-refractivity contribution is 6.59.